The lowest BCUT2D eigenvalue weighted by atomic mass is 10.1. The van der Waals surface area contributed by atoms with E-state index in [9.17, 15) is 0 Å². The highest BCUT2D eigenvalue weighted by Gasteiger charge is 2.06. The van der Waals surface area contributed by atoms with Crippen LogP contribution in [0.1, 0.15) is 38.8 Å². The van der Waals surface area contributed by atoms with Crippen LogP contribution < -0.4 is 0 Å². The van der Waals surface area contributed by atoms with Gasteiger partial charge in [0.25, 0.3) is 0 Å². The lowest BCUT2D eigenvalue weighted by Gasteiger charge is -2.11. The molecule has 0 bridgehead atoms. The second-order valence-electron chi connectivity index (χ2n) is 6.29. The van der Waals surface area contributed by atoms with Gasteiger partial charge in [0.2, 0.25) is 0 Å². The molecule has 0 saturated heterocycles. The summed E-state index contributed by atoms with van der Waals surface area (Å²) in [6, 6.07) is 17.5. The van der Waals surface area contributed by atoms with Gasteiger partial charge < -0.3 is 0 Å². The lowest BCUT2D eigenvalue weighted by Crippen LogP contribution is -1.90. The third-order valence-electron chi connectivity index (χ3n) is 3.63. The molecular formula is C22H26S. The van der Waals surface area contributed by atoms with E-state index in [0.717, 1.165) is 12.8 Å². The Hall–Kier alpha value is -1.73. The zero-order valence-electron chi connectivity index (χ0n) is 14.6. The summed E-state index contributed by atoms with van der Waals surface area (Å²) in [4.78, 5) is 2.71. The summed E-state index contributed by atoms with van der Waals surface area (Å²) in [5, 5.41) is 0. The largest absolute Gasteiger partial charge is 0.0895 e. The first kappa shape index (κ1) is 17.6. The van der Waals surface area contributed by atoms with Crippen molar-refractivity contribution in [3.63, 3.8) is 0 Å². The number of hydrogen-bond acceptors (Lipinski definition) is 1. The van der Waals surface area contributed by atoms with Crippen LogP contribution in [0, 0.1) is 0 Å². The highest BCUT2D eigenvalue weighted by atomic mass is 32.2. The fraction of sp³-hybridized carbons (Fsp3) is 0.273. The van der Waals surface area contributed by atoms with Crippen LogP contribution in [0.25, 0.3) is 0 Å². The van der Waals surface area contributed by atoms with Gasteiger partial charge in [0, 0.05) is 9.79 Å². The standard InChI is InChI=1S/C22H26S/c1-17(2)13-15-19-9-5-7-11-21(19)23-22-12-8-6-10-20(22)16-14-18(3)4/h5-14H,15-16H2,1-4H3. The molecule has 0 saturated carbocycles. The summed E-state index contributed by atoms with van der Waals surface area (Å²) in [5.41, 5.74) is 5.54. The fourth-order valence-electron chi connectivity index (χ4n) is 2.29. The van der Waals surface area contributed by atoms with Crippen LogP contribution in [0.15, 0.2) is 81.6 Å². The molecule has 0 aliphatic heterocycles. The van der Waals surface area contributed by atoms with Crippen molar-refractivity contribution in [2.75, 3.05) is 0 Å². The van der Waals surface area contributed by atoms with Crippen molar-refractivity contribution in [3.05, 3.63) is 83.0 Å². The molecule has 0 aliphatic carbocycles. The van der Waals surface area contributed by atoms with Crippen LogP contribution >= 0.6 is 11.8 Å². The van der Waals surface area contributed by atoms with Crippen LogP contribution in [-0.2, 0) is 12.8 Å². The minimum absolute atomic E-state index is 1.00. The third-order valence-corrected chi connectivity index (χ3v) is 4.86. The van der Waals surface area contributed by atoms with Crippen molar-refractivity contribution in [2.24, 2.45) is 0 Å². The van der Waals surface area contributed by atoms with Crippen LogP contribution in [0.5, 0.6) is 0 Å². The number of hydrogen-bond donors (Lipinski definition) is 0. The Morgan fingerprint density at radius 1 is 0.696 bits per heavy atom. The van der Waals surface area contributed by atoms with Crippen molar-refractivity contribution in [3.8, 4) is 0 Å². The normalized spacial score (nSPS) is 10.3. The smallest absolute Gasteiger partial charge is 0.0157 e. The predicted molar refractivity (Wildman–Crippen MR) is 103 cm³/mol. The summed E-state index contributed by atoms with van der Waals surface area (Å²) in [5.74, 6) is 0. The topological polar surface area (TPSA) is 0 Å². The molecular weight excluding hydrogens is 296 g/mol. The minimum atomic E-state index is 1.00. The molecule has 0 aromatic heterocycles. The number of rotatable bonds is 6. The maximum absolute atomic E-state index is 2.30. The number of benzene rings is 2. The molecule has 0 N–H and O–H groups in total. The second-order valence-corrected chi connectivity index (χ2v) is 7.37. The molecule has 0 amide bonds. The quantitative estimate of drug-likeness (QED) is 0.524. The van der Waals surface area contributed by atoms with Gasteiger partial charge in [0.15, 0.2) is 0 Å². The van der Waals surface area contributed by atoms with Gasteiger partial charge in [0.05, 0.1) is 0 Å². The minimum Gasteiger partial charge on any atom is -0.0895 e. The first-order valence-corrected chi connectivity index (χ1v) is 8.98. The van der Waals surface area contributed by atoms with Gasteiger partial charge in [-0.2, -0.15) is 0 Å². The molecule has 2 aromatic carbocycles. The summed E-state index contributed by atoms with van der Waals surface area (Å²) in [6.45, 7) is 8.63. The van der Waals surface area contributed by atoms with Gasteiger partial charge in [0.1, 0.15) is 0 Å². The zero-order chi connectivity index (χ0) is 16.7. The van der Waals surface area contributed by atoms with Gasteiger partial charge in [-0.05, 0) is 63.8 Å². The van der Waals surface area contributed by atoms with Crippen LogP contribution in [0.2, 0.25) is 0 Å². The predicted octanol–water partition coefficient (Wildman–Crippen LogP) is 6.86. The molecule has 23 heavy (non-hydrogen) atoms. The molecule has 0 atom stereocenters. The van der Waals surface area contributed by atoms with Crippen LogP contribution in [0.3, 0.4) is 0 Å². The first-order valence-electron chi connectivity index (χ1n) is 8.16. The van der Waals surface area contributed by atoms with E-state index >= 15 is 0 Å². The van der Waals surface area contributed by atoms with Gasteiger partial charge in [-0.25, -0.2) is 0 Å². The molecule has 0 spiro atoms. The van der Waals surface area contributed by atoms with E-state index in [1.807, 2.05) is 11.8 Å². The first-order chi connectivity index (χ1) is 11.1. The van der Waals surface area contributed by atoms with E-state index in [1.54, 1.807) is 0 Å². The van der Waals surface area contributed by atoms with Gasteiger partial charge >= 0.3 is 0 Å². The van der Waals surface area contributed by atoms with Crippen LogP contribution in [0.4, 0.5) is 0 Å². The van der Waals surface area contributed by atoms with Crippen molar-refractivity contribution in [1.29, 1.82) is 0 Å². The van der Waals surface area contributed by atoms with E-state index in [-0.39, 0.29) is 0 Å². The SMILES string of the molecule is CC(C)=CCc1ccccc1Sc1ccccc1CC=C(C)C. The zero-order valence-corrected chi connectivity index (χ0v) is 15.4. The summed E-state index contributed by atoms with van der Waals surface area (Å²) >= 11 is 1.89. The Kier molecular flexibility index (Phi) is 6.73. The summed E-state index contributed by atoms with van der Waals surface area (Å²) in [7, 11) is 0. The van der Waals surface area contributed by atoms with Crippen molar-refractivity contribution < 1.29 is 0 Å². The highest BCUT2D eigenvalue weighted by Crippen LogP contribution is 2.33. The Morgan fingerprint density at radius 2 is 1.09 bits per heavy atom. The fourth-order valence-corrected chi connectivity index (χ4v) is 3.39. The Labute approximate surface area is 145 Å². The average Bonchev–Trinajstić information content (AvgIpc) is 2.53. The average molecular weight is 323 g/mol. The maximum Gasteiger partial charge on any atom is 0.0157 e. The summed E-state index contributed by atoms with van der Waals surface area (Å²) in [6.07, 6.45) is 6.60. The molecule has 2 rings (SSSR count). The Bertz CT molecular complexity index is 638. The van der Waals surface area contributed by atoms with E-state index in [0.29, 0.717) is 0 Å². The molecule has 0 aliphatic rings. The molecule has 0 unspecified atom stereocenters. The van der Waals surface area contributed by atoms with Gasteiger partial charge in [-0.3, -0.25) is 0 Å². The molecule has 1 heteroatoms. The van der Waals surface area contributed by atoms with Crippen molar-refractivity contribution in [1.82, 2.24) is 0 Å². The van der Waals surface area contributed by atoms with E-state index in [4.69, 9.17) is 0 Å². The van der Waals surface area contributed by atoms with Crippen LogP contribution in [-0.4, -0.2) is 0 Å². The molecule has 0 nitrogen and oxygen atoms in total. The molecule has 0 heterocycles. The molecule has 0 fully saturated rings. The highest BCUT2D eigenvalue weighted by molar-refractivity contribution is 7.99. The second kappa shape index (κ2) is 8.79. The summed E-state index contributed by atoms with van der Waals surface area (Å²) < 4.78 is 0. The van der Waals surface area contributed by atoms with E-state index in [1.165, 1.54) is 32.1 Å². The Morgan fingerprint density at radius 3 is 1.48 bits per heavy atom. The lowest BCUT2D eigenvalue weighted by molar-refractivity contribution is 1.13. The van der Waals surface area contributed by atoms with Crippen molar-refractivity contribution >= 4 is 11.8 Å². The Balaban J connectivity index is 2.26. The van der Waals surface area contributed by atoms with Gasteiger partial charge in [-0.15, -0.1) is 0 Å². The van der Waals surface area contributed by atoms with E-state index < -0.39 is 0 Å². The van der Waals surface area contributed by atoms with Gasteiger partial charge in [-0.1, -0.05) is 71.5 Å². The monoisotopic (exact) mass is 322 g/mol. The third kappa shape index (κ3) is 5.76. The van der Waals surface area contributed by atoms with Crippen molar-refractivity contribution in [2.45, 2.75) is 50.3 Å². The molecule has 2 aromatic rings. The molecule has 0 radical (unpaired) electrons. The number of allylic oxidation sites excluding steroid dienone is 4. The van der Waals surface area contributed by atoms with E-state index in [2.05, 4.69) is 88.4 Å². The maximum atomic E-state index is 2.30. The molecule has 120 valence electrons.